The van der Waals surface area contributed by atoms with Gasteiger partial charge in [0.25, 0.3) is 5.91 Å². The predicted octanol–water partition coefficient (Wildman–Crippen LogP) is 2.25. The van der Waals surface area contributed by atoms with Crippen LogP contribution in [0.15, 0.2) is 24.3 Å². The van der Waals surface area contributed by atoms with Crippen LogP contribution in [0.5, 0.6) is 5.75 Å². The van der Waals surface area contributed by atoms with Crippen LogP contribution < -0.4 is 10.1 Å². The van der Waals surface area contributed by atoms with Gasteiger partial charge in [-0.15, -0.1) is 0 Å². The molecule has 0 spiro atoms. The van der Waals surface area contributed by atoms with Crippen LogP contribution in [0.4, 0.5) is 0 Å². The first-order chi connectivity index (χ1) is 9.03. The summed E-state index contributed by atoms with van der Waals surface area (Å²) in [4.78, 5) is 12.0. The molecule has 1 unspecified atom stereocenters. The van der Waals surface area contributed by atoms with E-state index in [1.165, 1.54) is 0 Å². The Kier molecular flexibility index (Phi) is 3.30. The van der Waals surface area contributed by atoms with E-state index in [1.807, 2.05) is 19.9 Å². The van der Waals surface area contributed by atoms with Crippen molar-refractivity contribution in [3.05, 3.63) is 35.4 Å². The Labute approximate surface area is 112 Å². The van der Waals surface area contributed by atoms with Gasteiger partial charge in [0.1, 0.15) is 11.4 Å². The minimum Gasteiger partial charge on any atom is -0.483 e. The summed E-state index contributed by atoms with van der Waals surface area (Å²) in [5.74, 6) is 0.476. The molecule has 1 aliphatic heterocycles. The largest absolute Gasteiger partial charge is 0.483 e. The van der Waals surface area contributed by atoms with Gasteiger partial charge >= 0.3 is 0 Å². The highest BCUT2D eigenvalue weighted by Crippen LogP contribution is 2.38. The lowest BCUT2D eigenvalue weighted by Crippen LogP contribution is -2.34. The molecule has 0 aromatic heterocycles. The van der Waals surface area contributed by atoms with Crippen LogP contribution >= 0.6 is 0 Å². The number of nitrogens with one attached hydrogen (secondary N) is 1. The molecule has 1 aliphatic rings. The van der Waals surface area contributed by atoms with E-state index < -0.39 is 5.60 Å². The van der Waals surface area contributed by atoms with Gasteiger partial charge in [0, 0.05) is 12.6 Å². The summed E-state index contributed by atoms with van der Waals surface area (Å²) in [5, 5.41) is 11.6. The van der Waals surface area contributed by atoms with Crippen LogP contribution in [0.25, 0.3) is 5.57 Å². The number of benzene rings is 1. The van der Waals surface area contributed by atoms with E-state index in [0.717, 1.165) is 6.42 Å². The van der Waals surface area contributed by atoms with E-state index >= 15 is 0 Å². The number of rotatable bonds is 2. The molecule has 0 saturated carbocycles. The Morgan fingerprint density at radius 1 is 1.53 bits per heavy atom. The van der Waals surface area contributed by atoms with E-state index in [9.17, 15) is 4.79 Å². The van der Waals surface area contributed by atoms with Gasteiger partial charge < -0.3 is 10.1 Å². The maximum Gasteiger partial charge on any atom is 0.251 e. The molecule has 1 heterocycles. The summed E-state index contributed by atoms with van der Waals surface area (Å²) < 4.78 is 5.93. The van der Waals surface area contributed by atoms with Crippen LogP contribution in [0, 0.1) is 11.3 Å². The molecule has 1 N–H and O–H groups in total. The Morgan fingerprint density at radius 3 is 2.84 bits per heavy atom. The molecule has 0 radical (unpaired) electrons. The number of hydrogen-bond acceptors (Lipinski definition) is 3. The van der Waals surface area contributed by atoms with E-state index in [2.05, 4.69) is 11.4 Å². The lowest BCUT2D eigenvalue weighted by Gasteiger charge is -2.33. The Balaban J connectivity index is 2.61. The highest BCUT2D eigenvalue weighted by atomic mass is 16.5. The number of carbonyl (C=O) groups is 1. The van der Waals surface area contributed by atoms with Crippen molar-refractivity contribution in [1.29, 1.82) is 5.26 Å². The maximum atomic E-state index is 12.0. The number of carbonyl (C=O) groups excluding carboxylic acids is 1. The van der Waals surface area contributed by atoms with Crippen molar-refractivity contribution in [2.24, 2.45) is 0 Å². The fourth-order valence-electron chi connectivity index (χ4n) is 2.06. The maximum absolute atomic E-state index is 12.0. The number of ether oxygens (including phenoxy) is 1. The molecule has 0 bridgehead atoms. The second-order valence-corrected chi connectivity index (χ2v) is 4.73. The van der Waals surface area contributed by atoms with Gasteiger partial charge in [-0.1, -0.05) is 6.92 Å². The third kappa shape index (κ3) is 2.32. The van der Waals surface area contributed by atoms with Crippen LogP contribution in [0.3, 0.4) is 0 Å². The lowest BCUT2D eigenvalue weighted by molar-refractivity contribution is -0.115. The van der Waals surface area contributed by atoms with Gasteiger partial charge in [-0.25, -0.2) is 0 Å². The van der Waals surface area contributed by atoms with Crippen molar-refractivity contribution >= 4 is 11.5 Å². The first-order valence-electron chi connectivity index (χ1n) is 6.21. The molecular formula is C15H16N2O2. The summed E-state index contributed by atoms with van der Waals surface area (Å²) in [6, 6.07) is 7.20. The predicted molar refractivity (Wildman–Crippen MR) is 72.5 cm³/mol. The third-order valence-electron chi connectivity index (χ3n) is 3.37. The summed E-state index contributed by atoms with van der Waals surface area (Å²) in [5.41, 5.74) is 1.25. The molecule has 0 saturated heterocycles. The second kappa shape index (κ2) is 4.77. The Morgan fingerprint density at radius 2 is 2.26 bits per heavy atom. The number of likely N-dealkylation sites (N-methyl/N-ethyl adjacent to an activating group) is 1. The average Bonchev–Trinajstić information content (AvgIpc) is 2.45. The second-order valence-electron chi connectivity index (χ2n) is 4.73. The molecule has 2 rings (SSSR count). The summed E-state index contributed by atoms with van der Waals surface area (Å²) in [6.07, 6.45) is 2.59. The van der Waals surface area contributed by atoms with E-state index in [1.54, 1.807) is 25.2 Å². The zero-order valence-electron chi connectivity index (χ0n) is 11.3. The molecule has 1 aromatic carbocycles. The number of hydrogen-bond donors (Lipinski definition) is 1. The monoisotopic (exact) mass is 256 g/mol. The SMILES string of the molecule is CCC1(C)C=C(C(=O)NC)c2cc(C#N)ccc2O1. The summed E-state index contributed by atoms with van der Waals surface area (Å²) >= 11 is 0. The normalized spacial score (nSPS) is 20.6. The Bertz CT molecular complexity index is 599. The van der Waals surface area contributed by atoms with Gasteiger partial charge in [0.2, 0.25) is 0 Å². The van der Waals surface area contributed by atoms with Crippen LogP contribution in [0.2, 0.25) is 0 Å². The zero-order valence-corrected chi connectivity index (χ0v) is 11.3. The number of nitriles is 1. The van der Waals surface area contributed by atoms with Gasteiger partial charge in [-0.3, -0.25) is 4.79 Å². The van der Waals surface area contributed by atoms with Crippen LogP contribution in [0.1, 0.15) is 31.4 Å². The van der Waals surface area contributed by atoms with Gasteiger partial charge in [-0.05, 0) is 37.6 Å². The van der Waals surface area contributed by atoms with Crippen molar-refractivity contribution in [3.8, 4) is 11.8 Å². The Hall–Kier alpha value is -2.28. The molecule has 98 valence electrons. The van der Waals surface area contributed by atoms with Crippen molar-refractivity contribution in [2.45, 2.75) is 25.9 Å². The number of nitrogens with zero attached hydrogens (tertiary/aromatic N) is 1. The zero-order chi connectivity index (χ0) is 14.0. The first-order valence-corrected chi connectivity index (χ1v) is 6.21. The molecule has 1 atom stereocenters. The topological polar surface area (TPSA) is 62.1 Å². The highest BCUT2D eigenvalue weighted by Gasteiger charge is 2.31. The molecule has 1 amide bonds. The fraction of sp³-hybridized carbons (Fsp3) is 0.333. The van der Waals surface area contributed by atoms with Gasteiger partial charge in [0.05, 0.1) is 17.2 Å². The highest BCUT2D eigenvalue weighted by molar-refractivity contribution is 6.20. The summed E-state index contributed by atoms with van der Waals surface area (Å²) in [7, 11) is 1.59. The molecule has 0 aliphatic carbocycles. The lowest BCUT2D eigenvalue weighted by atomic mass is 9.90. The van der Waals surface area contributed by atoms with Crippen molar-refractivity contribution in [2.75, 3.05) is 7.05 Å². The third-order valence-corrected chi connectivity index (χ3v) is 3.37. The first kappa shape index (κ1) is 13.2. The standard InChI is InChI=1S/C15H16N2O2/c1-4-15(2)8-12(14(18)17-3)11-7-10(9-16)5-6-13(11)19-15/h5-8H,4H2,1-3H3,(H,17,18). The van der Waals surface area contributed by atoms with Crippen molar-refractivity contribution < 1.29 is 9.53 Å². The minimum atomic E-state index is -0.497. The molecule has 4 nitrogen and oxygen atoms in total. The number of amides is 1. The van der Waals surface area contributed by atoms with Crippen molar-refractivity contribution in [1.82, 2.24) is 5.32 Å². The number of fused-ring (bicyclic) bond motifs is 1. The fourth-order valence-corrected chi connectivity index (χ4v) is 2.06. The average molecular weight is 256 g/mol. The van der Waals surface area contributed by atoms with Crippen LogP contribution in [-0.2, 0) is 4.79 Å². The molecular weight excluding hydrogens is 240 g/mol. The molecule has 19 heavy (non-hydrogen) atoms. The van der Waals surface area contributed by atoms with E-state index in [0.29, 0.717) is 22.4 Å². The van der Waals surface area contributed by atoms with Crippen molar-refractivity contribution in [3.63, 3.8) is 0 Å². The van der Waals surface area contributed by atoms with E-state index in [4.69, 9.17) is 10.00 Å². The van der Waals surface area contributed by atoms with E-state index in [-0.39, 0.29) is 5.91 Å². The van der Waals surface area contributed by atoms with Crippen LogP contribution in [-0.4, -0.2) is 18.6 Å². The molecule has 0 fully saturated rings. The quantitative estimate of drug-likeness (QED) is 0.882. The molecule has 4 heteroatoms. The minimum absolute atomic E-state index is 0.167. The smallest absolute Gasteiger partial charge is 0.251 e. The van der Waals surface area contributed by atoms with Gasteiger partial charge in [0.15, 0.2) is 0 Å². The van der Waals surface area contributed by atoms with Gasteiger partial charge in [-0.2, -0.15) is 5.26 Å². The summed E-state index contributed by atoms with van der Waals surface area (Å²) in [6.45, 7) is 3.95. The molecule has 1 aromatic rings.